The van der Waals surface area contributed by atoms with Crippen LogP contribution in [0.15, 0.2) is 53.6 Å². The van der Waals surface area contributed by atoms with Crippen molar-refractivity contribution < 1.29 is 24.2 Å². The maximum absolute atomic E-state index is 13.7. The van der Waals surface area contributed by atoms with Crippen LogP contribution in [0.4, 0.5) is 5.69 Å². The first kappa shape index (κ1) is 21.9. The maximum Gasteiger partial charge on any atom is 0.338 e. The molecule has 2 N–H and O–H groups in total. The molecule has 3 aromatic rings. The Hall–Kier alpha value is -2.95. The number of phenolic OH excluding ortho intramolecular Hbond substituents is 1. The van der Waals surface area contributed by atoms with E-state index in [0.717, 1.165) is 15.5 Å². The number of carbonyl (C=O) groups is 3. The minimum Gasteiger partial charge on any atom is -0.508 e. The molecule has 3 heterocycles. The van der Waals surface area contributed by atoms with Gasteiger partial charge in [0.1, 0.15) is 11.0 Å². The number of nitrogens with one attached hydrogen (secondary N) is 1. The highest BCUT2D eigenvalue weighted by Crippen LogP contribution is 2.54. The van der Waals surface area contributed by atoms with Gasteiger partial charge in [0.15, 0.2) is 3.95 Å². The minimum atomic E-state index is -0.620. The number of hydrogen-bond acceptors (Lipinski definition) is 8. The van der Waals surface area contributed by atoms with Crippen molar-refractivity contribution in [2.45, 2.75) is 23.1 Å². The quantitative estimate of drug-likeness (QED) is 0.311. The fourth-order valence-corrected chi connectivity index (χ4v) is 7.23. The molecule has 3 atom stereocenters. The van der Waals surface area contributed by atoms with Crippen LogP contribution >= 0.6 is 35.3 Å². The number of rotatable bonds is 4. The van der Waals surface area contributed by atoms with Crippen molar-refractivity contribution in [3.05, 3.63) is 68.5 Å². The van der Waals surface area contributed by atoms with Crippen molar-refractivity contribution in [1.82, 2.24) is 4.98 Å². The first-order chi connectivity index (χ1) is 15.9. The predicted octanol–water partition coefficient (Wildman–Crippen LogP) is 4.48. The fourth-order valence-electron chi connectivity index (χ4n) is 4.27. The Kier molecular flexibility index (Phi) is 5.59. The van der Waals surface area contributed by atoms with Crippen molar-refractivity contribution in [3.63, 3.8) is 0 Å². The molecule has 168 valence electrons. The fraction of sp³-hybridized carbons (Fsp3) is 0.217. The number of amides is 2. The molecular formula is C23H18N2O5S3. The van der Waals surface area contributed by atoms with Crippen molar-refractivity contribution in [2.75, 3.05) is 11.5 Å². The molecule has 33 heavy (non-hydrogen) atoms. The number of benzene rings is 2. The van der Waals surface area contributed by atoms with Crippen LogP contribution in [-0.4, -0.2) is 39.7 Å². The standard InChI is InChI=1S/C23H18N2O5S3/c1-2-30-22(29)12-3-7-13(8-4-12)25-20(27)16-15(11-5-9-14(26)10-6-11)17-19(24-23(31)33-17)32-18(16)21(25)28/h3-10,15-16,18,26H,2H2,1H3,(H,24,31). The Balaban J connectivity index is 1.54. The second kappa shape index (κ2) is 8.44. The molecule has 1 fully saturated rings. The molecule has 3 unspecified atom stereocenters. The van der Waals surface area contributed by atoms with Gasteiger partial charge < -0.3 is 14.8 Å². The van der Waals surface area contributed by atoms with E-state index >= 15 is 0 Å². The van der Waals surface area contributed by atoms with Gasteiger partial charge in [0.2, 0.25) is 11.8 Å². The number of aromatic hydroxyl groups is 1. The molecule has 0 saturated carbocycles. The van der Waals surface area contributed by atoms with E-state index in [1.807, 2.05) is 0 Å². The Morgan fingerprint density at radius 1 is 1.12 bits per heavy atom. The van der Waals surface area contributed by atoms with E-state index in [1.165, 1.54) is 28.0 Å². The third-order valence-corrected chi connectivity index (χ3v) is 8.47. The van der Waals surface area contributed by atoms with Gasteiger partial charge in [-0.25, -0.2) is 9.69 Å². The molecule has 1 aromatic heterocycles. The van der Waals surface area contributed by atoms with Gasteiger partial charge in [-0.1, -0.05) is 23.9 Å². The van der Waals surface area contributed by atoms with E-state index in [2.05, 4.69) is 4.98 Å². The van der Waals surface area contributed by atoms with E-state index < -0.39 is 17.1 Å². The molecule has 2 aliphatic heterocycles. The van der Waals surface area contributed by atoms with Crippen molar-refractivity contribution >= 4 is 58.8 Å². The Morgan fingerprint density at radius 3 is 2.48 bits per heavy atom. The summed E-state index contributed by atoms with van der Waals surface area (Å²) in [6.45, 7) is 1.99. The Morgan fingerprint density at radius 2 is 1.82 bits per heavy atom. The summed E-state index contributed by atoms with van der Waals surface area (Å²) in [6, 6.07) is 13.0. The van der Waals surface area contributed by atoms with Crippen LogP contribution in [0.1, 0.15) is 33.6 Å². The van der Waals surface area contributed by atoms with Gasteiger partial charge in [-0.05, 0) is 61.1 Å². The van der Waals surface area contributed by atoms with Gasteiger partial charge in [-0.3, -0.25) is 9.59 Å². The average Bonchev–Trinajstić information content (AvgIpc) is 3.29. The van der Waals surface area contributed by atoms with E-state index in [0.29, 0.717) is 15.2 Å². The first-order valence-corrected chi connectivity index (χ1v) is 12.3. The van der Waals surface area contributed by atoms with Gasteiger partial charge in [-0.15, -0.1) is 11.3 Å². The number of carbonyl (C=O) groups excluding carboxylic acids is 3. The molecule has 5 rings (SSSR count). The summed E-state index contributed by atoms with van der Waals surface area (Å²) in [6.07, 6.45) is 0. The summed E-state index contributed by atoms with van der Waals surface area (Å²) in [4.78, 5) is 44.3. The van der Waals surface area contributed by atoms with Gasteiger partial charge >= 0.3 is 5.97 Å². The number of hydrogen-bond donors (Lipinski definition) is 2. The number of imide groups is 1. The Bertz CT molecular complexity index is 1310. The van der Waals surface area contributed by atoms with Crippen LogP contribution in [0.2, 0.25) is 0 Å². The topological polar surface area (TPSA) is 99.7 Å². The lowest BCUT2D eigenvalue weighted by molar-refractivity contribution is -0.122. The van der Waals surface area contributed by atoms with E-state index in [4.69, 9.17) is 17.0 Å². The molecule has 1 saturated heterocycles. The summed E-state index contributed by atoms with van der Waals surface area (Å²) in [5.74, 6) is -1.93. The molecule has 2 amide bonds. The summed E-state index contributed by atoms with van der Waals surface area (Å²) in [5, 5.41) is 9.91. The van der Waals surface area contributed by atoms with Crippen molar-refractivity contribution in [2.24, 2.45) is 5.92 Å². The third-order valence-electron chi connectivity index (χ3n) is 5.71. The summed E-state index contributed by atoms with van der Waals surface area (Å²) >= 11 is 8.06. The van der Waals surface area contributed by atoms with Crippen LogP contribution in [0.25, 0.3) is 0 Å². The highest BCUT2D eigenvalue weighted by molar-refractivity contribution is 8.01. The molecule has 0 spiro atoms. The zero-order valence-electron chi connectivity index (χ0n) is 17.3. The maximum atomic E-state index is 13.7. The summed E-state index contributed by atoms with van der Waals surface area (Å²) in [7, 11) is 0. The number of phenols is 1. The number of esters is 1. The molecule has 2 aromatic carbocycles. The zero-order valence-corrected chi connectivity index (χ0v) is 19.8. The molecule has 0 radical (unpaired) electrons. The SMILES string of the molecule is CCOC(=O)c1ccc(N2C(=O)C3Sc4[nH]c(=S)sc4C(c4ccc(O)cc4)C3C2=O)cc1. The van der Waals surface area contributed by atoms with E-state index in [-0.39, 0.29) is 30.1 Å². The molecule has 10 heteroatoms. The number of anilines is 1. The average molecular weight is 499 g/mol. The molecule has 0 bridgehead atoms. The van der Waals surface area contributed by atoms with Gasteiger partial charge in [0.25, 0.3) is 0 Å². The minimum absolute atomic E-state index is 0.125. The number of nitrogens with zero attached hydrogens (tertiary/aromatic N) is 1. The molecular weight excluding hydrogens is 480 g/mol. The third kappa shape index (κ3) is 3.68. The number of aromatic nitrogens is 1. The number of fused-ring (bicyclic) bond motifs is 2. The number of ether oxygens (including phenoxy) is 1. The highest BCUT2D eigenvalue weighted by atomic mass is 32.2. The van der Waals surface area contributed by atoms with Gasteiger partial charge in [0.05, 0.1) is 28.8 Å². The lowest BCUT2D eigenvalue weighted by Gasteiger charge is -2.29. The van der Waals surface area contributed by atoms with Crippen molar-refractivity contribution in [3.8, 4) is 5.75 Å². The second-order valence-corrected chi connectivity index (χ2v) is 10.5. The number of aromatic amines is 1. The van der Waals surface area contributed by atoms with Crippen molar-refractivity contribution in [1.29, 1.82) is 0 Å². The normalized spacial score (nSPS) is 21.6. The summed E-state index contributed by atoms with van der Waals surface area (Å²) in [5.41, 5.74) is 1.59. The predicted molar refractivity (Wildman–Crippen MR) is 127 cm³/mol. The van der Waals surface area contributed by atoms with Gasteiger partial charge in [-0.2, -0.15) is 0 Å². The van der Waals surface area contributed by atoms with Crippen LogP contribution in [-0.2, 0) is 14.3 Å². The first-order valence-electron chi connectivity index (χ1n) is 10.2. The lowest BCUT2D eigenvalue weighted by Crippen LogP contribution is -2.32. The Labute approximate surface area is 202 Å². The smallest absolute Gasteiger partial charge is 0.338 e. The van der Waals surface area contributed by atoms with E-state index in [9.17, 15) is 19.5 Å². The molecule has 2 aliphatic rings. The van der Waals surface area contributed by atoms with Crippen LogP contribution in [0.3, 0.4) is 0 Å². The largest absolute Gasteiger partial charge is 0.508 e. The molecule has 0 aliphatic carbocycles. The monoisotopic (exact) mass is 498 g/mol. The van der Waals surface area contributed by atoms with Crippen LogP contribution < -0.4 is 4.90 Å². The van der Waals surface area contributed by atoms with Crippen LogP contribution in [0, 0.1) is 9.87 Å². The summed E-state index contributed by atoms with van der Waals surface area (Å²) < 4.78 is 5.59. The second-order valence-electron chi connectivity index (χ2n) is 7.62. The van der Waals surface area contributed by atoms with E-state index in [1.54, 1.807) is 55.5 Å². The lowest BCUT2D eigenvalue weighted by atomic mass is 9.83. The zero-order chi connectivity index (χ0) is 23.3. The van der Waals surface area contributed by atoms with Gasteiger partial charge in [0, 0.05) is 10.8 Å². The highest BCUT2D eigenvalue weighted by Gasteiger charge is 2.56. The number of thiazole rings is 1. The number of thioether (sulfide) groups is 1. The van der Waals surface area contributed by atoms with Crippen LogP contribution in [0.5, 0.6) is 5.75 Å². The number of H-pyrrole nitrogens is 1. The molecule has 7 nitrogen and oxygen atoms in total.